The first-order valence-corrected chi connectivity index (χ1v) is 5.19. The third-order valence-electron chi connectivity index (χ3n) is 2.92. The predicted octanol–water partition coefficient (Wildman–Crippen LogP) is 4.65. The number of allylic oxidation sites excluding steroid dienone is 5. The average molecular weight is 196 g/mol. The summed E-state index contributed by atoms with van der Waals surface area (Å²) in [6.07, 6.45) is 5.69. The lowest BCUT2D eigenvalue weighted by Crippen LogP contribution is -2.07. The first-order valence-electron chi connectivity index (χ1n) is 5.19. The van der Waals surface area contributed by atoms with Gasteiger partial charge in [-0.05, 0) is 30.9 Å². The first-order chi connectivity index (χ1) is 6.52. The molecule has 0 N–H and O–H groups in total. The van der Waals surface area contributed by atoms with Crippen molar-refractivity contribution in [2.45, 2.75) is 34.1 Å². The molecule has 0 saturated carbocycles. The molecule has 0 aromatic carbocycles. The Kier molecular flexibility index (Phi) is 6.18. The first kappa shape index (κ1) is 13.2. The third-order valence-corrected chi connectivity index (χ3v) is 2.92. The van der Waals surface area contributed by atoms with Crippen molar-refractivity contribution in [3.63, 3.8) is 0 Å². The van der Waals surface area contributed by atoms with Gasteiger partial charge in [-0.2, -0.15) is 0 Å². The van der Waals surface area contributed by atoms with E-state index in [1.165, 1.54) is 17.7 Å². The number of halogens is 1. The van der Waals surface area contributed by atoms with Crippen molar-refractivity contribution in [2.24, 2.45) is 11.8 Å². The van der Waals surface area contributed by atoms with Gasteiger partial charge in [-0.25, -0.2) is 4.39 Å². The van der Waals surface area contributed by atoms with Gasteiger partial charge in [-0.3, -0.25) is 0 Å². The molecule has 0 nitrogen and oxygen atoms in total. The summed E-state index contributed by atoms with van der Waals surface area (Å²) in [4.78, 5) is 0. The van der Waals surface area contributed by atoms with Crippen LogP contribution >= 0.6 is 0 Å². The van der Waals surface area contributed by atoms with Gasteiger partial charge in [-0.15, -0.1) is 0 Å². The van der Waals surface area contributed by atoms with Gasteiger partial charge in [0.25, 0.3) is 0 Å². The second-order valence-electron chi connectivity index (χ2n) is 3.84. The van der Waals surface area contributed by atoms with Crippen LogP contribution < -0.4 is 0 Å². The largest absolute Gasteiger partial charge is 0.207 e. The molecule has 14 heavy (non-hydrogen) atoms. The molecule has 0 radical (unpaired) electrons. The van der Waals surface area contributed by atoms with E-state index in [1.54, 1.807) is 0 Å². The van der Waals surface area contributed by atoms with Gasteiger partial charge in [0, 0.05) is 0 Å². The molecular weight excluding hydrogens is 175 g/mol. The monoisotopic (exact) mass is 196 g/mol. The second-order valence-corrected chi connectivity index (χ2v) is 3.84. The maximum atomic E-state index is 12.7. The Labute approximate surface area is 87.2 Å². The van der Waals surface area contributed by atoms with E-state index >= 15 is 0 Å². The normalized spacial score (nSPS) is 17.8. The lowest BCUT2D eigenvalue weighted by molar-refractivity contribution is 0.427. The summed E-state index contributed by atoms with van der Waals surface area (Å²) in [7, 11) is 0. The van der Waals surface area contributed by atoms with E-state index < -0.39 is 0 Å². The lowest BCUT2D eigenvalue weighted by Gasteiger charge is -2.18. The van der Waals surface area contributed by atoms with Crippen molar-refractivity contribution in [3.8, 4) is 0 Å². The van der Waals surface area contributed by atoms with Crippen LogP contribution in [0.25, 0.3) is 0 Å². The van der Waals surface area contributed by atoms with Crippen LogP contribution in [-0.2, 0) is 0 Å². The third kappa shape index (κ3) is 4.40. The van der Waals surface area contributed by atoms with Gasteiger partial charge >= 0.3 is 0 Å². The molecule has 0 saturated heterocycles. The summed E-state index contributed by atoms with van der Waals surface area (Å²) in [5.41, 5.74) is 1.22. The van der Waals surface area contributed by atoms with Crippen molar-refractivity contribution < 1.29 is 4.39 Å². The minimum absolute atomic E-state index is 0.277. The van der Waals surface area contributed by atoms with E-state index in [1.807, 2.05) is 13.0 Å². The summed E-state index contributed by atoms with van der Waals surface area (Å²) >= 11 is 0. The SMILES string of the molecule is C=C/C(F)=C\C=C(/C)C(C)C(C)CC. The Hall–Kier alpha value is -0.850. The zero-order chi connectivity index (χ0) is 11.1. The minimum atomic E-state index is -0.277. The van der Waals surface area contributed by atoms with Crippen LogP contribution in [0.2, 0.25) is 0 Å². The van der Waals surface area contributed by atoms with Gasteiger partial charge in [0.2, 0.25) is 0 Å². The van der Waals surface area contributed by atoms with Crippen molar-refractivity contribution in [1.82, 2.24) is 0 Å². The Morgan fingerprint density at radius 2 is 1.93 bits per heavy atom. The van der Waals surface area contributed by atoms with Crippen LogP contribution in [0.5, 0.6) is 0 Å². The average Bonchev–Trinajstić information content (AvgIpc) is 2.22. The van der Waals surface area contributed by atoms with E-state index in [-0.39, 0.29) is 5.83 Å². The molecule has 80 valence electrons. The Bertz CT molecular complexity index is 236. The molecule has 2 atom stereocenters. The maximum Gasteiger partial charge on any atom is 0.122 e. The summed E-state index contributed by atoms with van der Waals surface area (Å²) in [5, 5.41) is 0. The molecule has 0 fully saturated rings. The molecule has 0 aromatic rings. The van der Waals surface area contributed by atoms with Crippen molar-refractivity contribution in [1.29, 1.82) is 0 Å². The highest BCUT2D eigenvalue weighted by atomic mass is 19.1. The number of hydrogen-bond donors (Lipinski definition) is 0. The molecule has 0 aromatic heterocycles. The van der Waals surface area contributed by atoms with Crippen LogP contribution in [0.3, 0.4) is 0 Å². The number of rotatable bonds is 5. The zero-order valence-electron chi connectivity index (χ0n) is 9.68. The molecular formula is C13H21F. The van der Waals surface area contributed by atoms with Crippen LogP contribution in [0.15, 0.2) is 36.2 Å². The smallest absolute Gasteiger partial charge is 0.122 e. The van der Waals surface area contributed by atoms with Gasteiger partial charge in [0.1, 0.15) is 5.83 Å². The molecule has 0 rings (SSSR count). The molecule has 0 spiro atoms. The highest BCUT2D eigenvalue weighted by Gasteiger charge is 2.10. The predicted molar refractivity (Wildman–Crippen MR) is 61.8 cm³/mol. The van der Waals surface area contributed by atoms with Gasteiger partial charge in [0.05, 0.1) is 0 Å². The Balaban J connectivity index is 4.44. The summed E-state index contributed by atoms with van der Waals surface area (Å²) < 4.78 is 12.7. The molecule has 1 heteroatoms. The number of hydrogen-bond acceptors (Lipinski definition) is 0. The molecule has 0 amide bonds. The molecule has 0 aliphatic carbocycles. The minimum Gasteiger partial charge on any atom is -0.207 e. The molecule has 0 bridgehead atoms. The summed E-state index contributed by atoms with van der Waals surface area (Å²) in [6.45, 7) is 12.0. The van der Waals surface area contributed by atoms with E-state index in [9.17, 15) is 4.39 Å². The second kappa shape index (κ2) is 6.58. The summed E-state index contributed by atoms with van der Waals surface area (Å²) in [5.74, 6) is 0.876. The van der Waals surface area contributed by atoms with Gasteiger partial charge in [0.15, 0.2) is 0 Å². The van der Waals surface area contributed by atoms with Crippen LogP contribution in [0.1, 0.15) is 34.1 Å². The van der Waals surface area contributed by atoms with Crippen LogP contribution in [0, 0.1) is 11.8 Å². The maximum absolute atomic E-state index is 12.7. The lowest BCUT2D eigenvalue weighted by atomic mass is 9.87. The van der Waals surface area contributed by atoms with E-state index in [0.717, 1.165) is 6.42 Å². The van der Waals surface area contributed by atoms with Crippen molar-refractivity contribution in [3.05, 3.63) is 36.2 Å². The Morgan fingerprint density at radius 1 is 1.36 bits per heavy atom. The standard InChI is InChI=1S/C13H21F/c1-6-10(3)12(5)11(4)8-9-13(14)7-2/h7-10,12H,2,6H2,1,3-5H3/b11-8+,13-9+. The van der Waals surface area contributed by atoms with Gasteiger partial charge < -0.3 is 0 Å². The highest BCUT2D eigenvalue weighted by Crippen LogP contribution is 2.22. The quantitative estimate of drug-likeness (QED) is 0.561. The fraction of sp³-hybridized carbons (Fsp3) is 0.538. The van der Waals surface area contributed by atoms with E-state index in [2.05, 4.69) is 27.4 Å². The molecule has 2 unspecified atom stereocenters. The molecule has 0 heterocycles. The van der Waals surface area contributed by atoms with Crippen molar-refractivity contribution >= 4 is 0 Å². The van der Waals surface area contributed by atoms with Gasteiger partial charge in [-0.1, -0.05) is 45.4 Å². The van der Waals surface area contributed by atoms with E-state index in [0.29, 0.717) is 11.8 Å². The van der Waals surface area contributed by atoms with Crippen LogP contribution in [0.4, 0.5) is 4.39 Å². The molecule has 0 aliphatic heterocycles. The zero-order valence-corrected chi connectivity index (χ0v) is 9.68. The van der Waals surface area contributed by atoms with Crippen LogP contribution in [-0.4, -0.2) is 0 Å². The summed E-state index contributed by atoms with van der Waals surface area (Å²) in [6, 6.07) is 0. The Morgan fingerprint density at radius 3 is 2.36 bits per heavy atom. The topological polar surface area (TPSA) is 0 Å². The van der Waals surface area contributed by atoms with E-state index in [4.69, 9.17) is 0 Å². The van der Waals surface area contributed by atoms with Crippen molar-refractivity contribution in [2.75, 3.05) is 0 Å². The highest BCUT2D eigenvalue weighted by molar-refractivity contribution is 5.20. The fourth-order valence-electron chi connectivity index (χ4n) is 1.23. The molecule has 0 aliphatic rings. The fourth-order valence-corrected chi connectivity index (χ4v) is 1.23.